The molecule has 1 aromatic rings. The molecule has 1 aromatic heterocycles. The summed E-state index contributed by atoms with van der Waals surface area (Å²) in [5.74, 6) is 0.710. The highest BCUT2D eigenvalue weighted by Gasteiger charge is 2.14. The molecule has 1 heterocycles. The average molecular weight is 241 g/mol. The fourth-order valence-electron chi connectivity index (χ4n) is 1.72. The van der Waals surface area contributed by atoms with Gasteiger partial charge in [-0.05, 0) is 31.0 Å². The molecule has 0 bridgehead atoms. The third kappa shape index (κ3) is 4.11. The Kier molecular flexibility index (Phi) is 5.78. The Bertz CT molecular complexity index is 297. The van der Waals surface area contributed by atoms with Crippen LogP contribution in [0.5, 0.6) is 0 Å². The Hall–Kier alpha value is -0.600. The second-order valence-electron chi connectivity index (χ2n) is 4.26. The minimum absolute atomic E-state index is 0.345. The predicted octanol–water partition coefficient (Wildman–Crippen LogP) is 3.82. The van der Waals surface area contributed by atoms with Crippen LogP contribution in [0.25, 0.3) is 0 Å². The standard InChI is InChI=1S/C13H21ClN2/c1-4-10(3)8-13(15-5-2)12-7-6-11(14)9-16-12/h6-7,9-10,13,15H,4-5,8H2,1-3H3. The van der Waals surface area contributed by atoms with Crippen molar-refractivity contribution in [2.24, 2.45) is 5.92 Å². The molecule has 1 rings (SSSR count). The Morgan fingerprint density at radius 3 is 2.62 bits per heavy atom. The second-order valence-corrected chi connectivity index (χ2v) is 4.70. The molecule has 1 N–H and O–H groups in total. The van der Waals surface area contributed by atoms with Gasteiger partial charge in [0.05, 0.1) is 10.7 Å². The first-order valence-corrected chi connectivity index (χ1v) is 6.40. The maximum Gasteiger partial charge on any atom is 0.0589 e. The Morgan fingerprint density at radius 2 is 2.12 bits per heavy atom. The zero-order chi connectivity index (χ0) is 12.0. The average Bonchev–Trinajstić information content (AvgIpc) is 2.29. The molecular weight excluding hydrogens is 220 g/mol. The molecule has 0 aliphatic heterocycles. The Balaban J connectivity index is 2.72. The van der Waals surface area contributed by atoms with Crippen LogP contribution in [0.1, 0.15) is 45.3 Å². The summed E-state index contributed by atoms with van der Waals surface area (Å²) in [5, 5.41) is 4.17. The van der Waals surface area contributed by atoms with E-state index in [1.165, 1.54) is 6.42 Å². The molecule has 0 aliphatic carbocycles. The predicted molar refractivity (Wildman–Crippen MR) is 69.7 cm³/mol. The molecule has 0 spiro atoms. The zero-order valence-corrected chi connectivity index (χ0v) is 11.1. The van der Waals surface area contributed by atoms with Crippen LogP contribution in [0.15, 0.2) is 18.3 Å². The normalized spacial score (nSPS) is 14.8. The van der Waals surface area contributed by atoms with E-state index in [0.717, 1.165) is 18.7 Å². The highest BCUT2D eigenvalue weighted by Crippen LogP contribution is 2.22. The SMILES string of the molecule is CCNC(CC(C)CC)c1ccc(Cl)cn1. The van der Waals surface area contributed by atoms with Crippen molar-refractivity contribution < 1.29 is 0 Å². The molecule has 16 heavy (non-hydrogen) atoms. The summed E-state index contributed by atoms with van der Waals surface area (Å²) in [4.78, 5) is 4.39. The van der Waals surface area contributed by atoms with Crippen LogP contribution in [0, 0.1) is 5.92 Å². The van der Waals surface area contributed by atoms with Crippen LogP contribution >= 0.6 is 11.6 Å². The first kappa shape index (κ1) is 13.5. The van der Waals surface area contributed by atoms with E-state index in [0.29, 0.717) is 17.0 Å². The van der Waals surface area contributed by atoms with Gasteiger partial charge in [0.25, 0.3) is 0 Å². The van der Waals surface area contributed by atoms with Gasteiger partial charge in [-0.25, -0.2) is 0 Å². The number of pyridine rings is 1. The molecule has 3 heteroatoms. The molecule has 0 fully saturated rings. The van der Waals surface area contributed by atoms with Crippen molar-refractivity contribution in [2.75, 3.05) is 6.54 Å². The topological polar surface area (TPSA) is 24.9 Å². The van der Waals surface area contributed by atoms with E-state index in [1.807, 2.05) is 12.1 Å². The fraction of sp³-hybridized carbons (Fsp3) is 0.615. The van der Waals surface area contributed by atoms with Crippen molar-refractivity contribution in [3.05, 3.63) is 29.0 Å². The lowest BCUT2D eigenvalue weighted by Gasteiger charge is -2.20. The van der Waals surface area contributed by atoms with Crippen LogP contribution in [0.4, 0.5) is 0 Å². The van der Waals surface area contributed by atoms with Gasteiger partial charge in [0, 0.05) is 12.2 Å². The van der Waals surface area contributed by atoms with Gasteiger partial charge in [0.2, 0.25) is 0 Å². The number of nitrogens with one attached hydrogen (secondary N) is 1. The van der Waals surface area contributed by atoms with E-state index in [9.17, 15) is 0 Å². The van der Waals surface area contributed by atoms with Gasteiger partial charge in [0.15, 0.2) is 0 Å². The van der Waals surface area contributed by atoms with E-state index in [-0.39, 0.29) is 0 Å². The van der Waals surface area contributed by atoms with Gasteiger partial charge in [-0.1, -0.05) is 38.8 Å². The summed E-state index contributed by atoms with van der Waals surface area (Å²) in [6, 6.07) is 4.26. The summed E-state index contributed by atoms with van der Waals surface area (Å²) in [5.41, 5.74) is 1.09. The fourth-order valence-corrected chi connectivity index (χ4v) is 1.83. The molecular formula is C13H21ClN2. The number of hydrogen-bond donors (Lipinski definition) is 1. The number of nitrogens with zero attached hydrogens (tertiary/aromatic N) is 1. The van der Waals surface area contributed by atoms with Gasteiger partial charge in [-0.3, -0.25) is 4.98 Å². The quantitative estimate of drug-likeness (QED) is 0.818. The van der Waals surface area contributed by atoms with Crippen LogP contribution in [-0.4, -0.2) is 11.5 Å². The molecule has 0 aliphatic rings. The maximum atomic E-state index is 5.84. The van der Waals surface area contributed by atoms with Crippen molar-refractivity contribution in [2.45, 2.75) is 39.7 Å². The lowest BCUT2D eigenvalue weighted by atomic mass is 9.97. The van der Waals surface area contributed by atoms with Gasteiger partial charge in [-0.15, -0.1) is 0 Å². The monoisotopic (exact) mass is 240 g/mol. The Labute approximate surface area is 103 Å². The molecule has 0 radical (unpaired) electrons. The third-order valence-electron chi connectivity index (χ3n) is 2.89. The summed E-state index contributed by atoms with van der Waals surface area (Å²) in [6.45, 7) is 7.59. The van der Waals surface area contributed by atoms with E-state index < -0.39 is 0 Å². The highest BCUT2D eigenvalue weighted by atomic mass is 35.5. The van der Waals surface area contributed by atoms with E-state index in [2.05, 4.69) is 31.1 Å². The van der Waals surface area contributed by atoms with E-state index in [1.54, 1.807) is 6.20 Å². The number of rotatable bonds is 6. The summed E-state index contributed by atoms with van der Waals surface area (Å²) < 4.78 is 0. The molecule has 0 saturated heterocycles. The molecule has 2 nitrogen and oxygen atoms in total. The number of hydrogen-bond acceptors (Lipinski definition) is 2. The van der Waals surface area contributed by atoms with Crippen molar-refractivity contribution in [1.82, 2.24) is 10.3 Å². The van der Waals surface area contributed by atoms with Crippen LogP contribution in [-0.2, 0) is 0 Å². The largest absolute Gasteiger partial charge is 0.309 e. The van der Waals surface area contributed by atoms with E-state index in [4.69, 9.17) is 11.6 Å². The lowest BCUT2D eigenvalue weighted by molar-refractivity contribution is 0.402. The smallest absolute Gasteiger partial charge is 0.0589 e. The van der Waals surface area contributed by atoms with Gasteiger partial charge in [0.1, 0.15) is 0 Å². The van der Waals surface area contributed by atoms with Crippen molar-refractivity contribution in [3.63, 3.8) is 0 Å². The van der Waals surface area contributed by atoms with Gasteiger partial charge < -0.3 is 5.32 Å². The van der Waals surface area contributed by atoms with Crippen molar-refractivity contribution in [1.29, 1.82) is 0 Å². The van der Waals surface area contributed by atoms with Crippen molar-refractivity contribution in [3.8, 4) is 0 Å². The molecule has 0 saturated carbocycles. The van der Waals surface area contributed by atoms with Crippen LogP contribution in [0.2, 0.25) is 5.02 Å². The summed E-state index contributed by atoms with van der Waals surface area (Å²) in [7, 11) is 0. The second kappa shape index (κ2) is 6.87. The first-order valence-electron chi connectivity index (χ1n) is 6.02. The van der Waals surface area contributed by atoms with Crippen LogP contribution in [0.3, 0.4) is 0 Å². The molecule has 2 atom stereocenters. The summed E-state index contributed by atoms with van der Waals surface area (Å²) >= 11 is 5.84. The number of halogens is 1. The Morgan fingerprint density at radius 1 is 1.38 bits per heavy atom. The molecule has 0 amide bonds. The summed E-state index contributed by atoms with van der Waals surface area (Å²) in [6.07, 6.45) is 4.05. The van der Waals surface area contributed by atoms with Crippen molar-refractivity contribution >= 4 is 11.6 Å². The molecule has 90 valence electrons. The highest BCUT2D eigenvalue weighted by molar-refractivity contribution is 6.30. The van der Waals surface area contributed by atoms with E-state index >= 15 is 0 Å². The first-order chi connectivity index (χ1) is 7.67. The number of aromatic nitrogens is 1. The minimum Gasteiger partial charge on any atom is -0.309 e. The molecule has 2 unspecified atom stereocenters. The third-order valence-corrected chi connectivity index (χ3v) is 3.12. The van der Waals surface area contributed by atoms with Gasteiger partial charge in [-0.2, -0.15) is 0 Å². The zero-order valence-electron chi connectivity index (χ0n) is 10.3. The lowest BCUT2D eigenvalue weighted by Crippen LogP contribution is -2.23. The molecule has 0 aromatic carbocycles. The van der Waals surface area contributed by atoms with Crippen LogP contribution < -0.4 is 5.32 Å². The maximum absolute atomic E-state index is 5.84. The van der Waals surface area contributed by atoms with Gasteiger partial charge >= 0.3 is 0 Å². The minimum atomic E-state index is 0.345.